The number of hydrogen-bond donors (Lipinski definition) is 3. The summed E-state index contributed by atoms with van der Waals surface area (Å²) in [6.45, 7) is 5.53. The zero-order valence-corrected chi connectivity index (χ0v) is 14.0. The minimum atomic E-state index is 0.0357. The van der Waals surface area contributed by atoms with E-state index in [1.165, 1.54) is 0 Å². The highest BCUT2D eigenvalue weighted by Crippen LogP contribution is 2.16. The minimum absolute atomic E-state index is 0.0357. The van der Waals surface area contributed by atoms with Gasteiger partial charge < -0.3 is 16.0 Å². The fourth-order valence-corrected chi connectivity index (χ4v) is 2.86. The van der Waals surface area contributed by atoms with Crippen LogP contribution in [-0.2, 0) is 16.1 Å². The number of amides is 2. The van der Waals surface area contributed by atoms with Crippen molar-refractivity contribution in [3.05, 3.63) is 29.8 Å². The van der Waals surface area contributed by atoms with Crippen molar-refractivity contribution in [1.29, 1.82) is 0 Å². The fourth-order valence-electron chi connectivity index (χ4n) is 2.86. The first-order chi connectivity index (χ1) is 11.1. The van der Waals surface area contributed by atoms with Crippen LogP contribution < -0.4 is 16.0 Å². The van der Waals surface area contributed by atoms with Crippen LogP contribution in [0.1, 0.15) is 45.1 Å². The summed E-state index contributed by atoms with van der Waals surface area (Å²) >= 11 is 0. The SMILES string of the molecule is CCCC(=O)Nc1ccc(CNC(=O)[C@H]2CCN[C@@H](C)C2)cc1. The van der Waals surface area contributed by atoms with E-state index in [1.54, 1.807) is 0 Å². The maximum absolute atomic E-state index is 12.2. The molecule has 0 saturated carbocycles. The van der Waals surface area contributed by atoms with Gasteiger partial charge in [-0.25, -0.2) is 0 Å². The molecule has 2 amide bonds. The molecule has 23 heavy (non-hydrogen) atoms. The molecule has 1 aromatic rings. The van der Waals surface area contributed by atoms with Gasteiger partial charge in [0.05, 0.1) is 0 Å². The lowest BCUT2D eigenvalue weighted by molar-refractivity contribution is -0.126. The average molecular weight is 317 g/mol. The van der Waals surface area contributed by atoms with Crippen LogP contribution in [0.2, 0.25) is 0 Å². The smallest absolute Gasteiger partial charge is 0.224 e. The summed E-state index contributed by atoms with van der Waals surface area (Å²) in [7, 11) is 0. The van der Waals surface area contributed by atoms with E-state index in [1.807, 2.05) is 31.2 Å². The van der Waals surface area contributed by atoms with Crippen LogP contribution in [0.4, 0.5) is 5.69 Å². The summed E-state index contributed by atoms with van der Waals surface area (Å²) in [6.07, 6.45) is 3.17. The van der Waals surface area contributed by atoms with Gasteiger partial charge in [-0.15, -0.1) is 0 Å². The topological polar surface area (TPSA) is 70.2 Å². The van der Waals surface area contributed by atoms with Crippen LogP contribution in [-0.4, -0.2) is 24.4 Å². The standard InChI is InChI=1S/C18H27N3O2/c1-3-4-17(22)21-16-7-5-14(6-8-16)12-20-18(23)15-9-10-19-13(2)11-15/h5-8,13,15,19H,3-4,9-12H2,1-2H3,(H,20,23)(H,21,22)/t13-,15-/m0/s1. The number of anilines is 1. The molecule has 1 aliphatic rings. The van der Waals surface area contributed by atoms with Gasteiger partial charge in [-0.2, -0.15) is 0 Å². The zero-order chi connectivity index (χ0) is 16.7. The summed E-state index contributed by atoms with van der Waals surface area (Å²) in [4.78, 5) is 23.7. The Kier molecular flexibility index (Phi) is 6.59. The number of rotatable bonds is 6. The summed E-state index contributed by atoms with van der Waals surface area (Å²) < 4.78 is 0. The second-order valence-electron chi connectivity index (χ2n) is 6.29. The Morgan fingerprint density at radius 2 is 2.00 bits per heavy atom. The van der Waals surface area contributed by atoms with Crippen LogP contribution in [0, 0.1) is 5.92 Å². The first-order valence-electron chi connectivity index (χ1n) is 8.48. The van der Waals surface area contributed by atoms with Gasteiger partial charge in [0.1, 0.15) is 0 Å². The quantitative estimate of drug-likeness (QED) is 0.755. The molecule has 0 unspecified atom stereocenters. The van der Waals surface area contributed by atoms with Gasteiger partial charge in [0.2, 0.25) is 11.8 Å². The van der Waals surface area contributed by atoms with Crippen molar-refractivity contribution in [3.63, 3.8) is 0 Å². The van der Waals surface area contributed by atoms with E-state index in [0.717, 1.165) is 37.1 Å². The Bertz CT molecular complexity index is 528. The molecule has 2 rings (SSSR count). The van der Waals surface area contributed by atoms with Gasteiger partial charge in [-0.3, -0.25) is 9.59 Å². The summed E-state index contributed by atoms with van der Waals surface area (Å²) in [5.74, 6) is 0.283. The fraction of sp³-hybridized carbons (Fsp3) is 0.556. The molecule has 5 nitrogen and oxygen atoms in total. The third kappa shape index (κ3) is 5.67. The molecule has 1 fully saturated rings. The number of piperidine rings is 1. The molecule has 1 aromatic carbocycles. The van der Waals surface area contributed by atoms with Crippen molar-refractivity contribution in [1.82, 2.24) is 10.6 Å². The lowest BCUT2D eigenvalue weighted by atomic mass is 9.92. The van der Waals surface area contributed by atoms with Crippen LogP contribution in [0.5, 0.6) is 0 Å². The zero-order valence-electron chi connectivity index (χ0n) is 14.0. The van der Waals surface area contributed by atoms with Crippen molar-refractivity contribution in [2.45, 2.75) is 52.1 Å². The van der Waals surface area contributed by atoms with Gasteiger partial charge in [0.15, 0.2) is 0 Å². The molecule has 126 valence electrons. The van der Waals surface area contributed by atoms with Crippen LogP contribution in [0.25, 0.3) is 0 Å². The van der Waals surface area contributed by atoms with Crippen molar-refractivity contribution in [2.75, 3.05) is 11.9 Å². The monoisotopic (exact) mass is 317 g/mol. The molecule has 1 saturated heterocycles. The van der Waals surface area contributed by atoms with Crippen molar-refractivity contribution in [2.24, 2.45) is 5.92 Å². The molecule has 0 aromatic heterocycles. The third-order valence-corrected chi connectivity index (χ3v) is 4.18. The Balaban J connectivity index is 1.79. The Hall–Kier alpha value is -1.88. The van der Waals surface area contributed by atoms with Gasteiger partial charge in [0.25, 0.3) is 0 Å². The molecule has 1 aliphatic heterocycles. The van der Waals surface area contributed by atoms with Crippen molar-refractivity contribution in [3.8, 4) is 0 Å². The number of benzene rings is 1. The van der Waals surface area contributed by atoms with E-state index in [9.17, 15) is 9.59 Å². The first kappa shape index (κ1) is 17.5. The molecular formula is C18H27N3O2. The van der Waals surface area contributed by atoms with Crippen LogP contribution >= 0.6 is 0 Å². The average Bonchev–Trinajstić information content (AvgIpc) is 2.54. The minimum Gasteiger partial charge on any atom is -0.352 e. The van der Waals surface area contributed by atoms with E-state index < -0.39 is 0 Å². The Labute approximate surface area is 138 Å². The van der Waals surface area contributed by atoms with Crippen molar-refractivity contribution >= 4 is 17.5 Å². The highest BCUT2D eigenvalue weighted by atomic mass is 16.2. The molecule has 0 radical (unpaired) electrons. The van der Waals surface area contributed by atoms with Crippen molar-refractivity contribution < 1.29 is 9.59 Å². The van der Waals surface area contributed by atoms with E-state index >= 15 is 0 Å². The van der Waals surface area contributed by atoms with E-state index in [0.29, 0.717) is 19.0 Å². The Morgan fingerprint density at radius 1 is 1.26 bits per heavy atom. The molecule has 1 heterocycles. The maximum Gasteiger partial charge on any atom is 0.224 e. The molecule has 2 atom stereocenters. The normalized spacial score (nSPS) is 20.8. The second kappa shape index (κ2) is 8.67. The first-order valence-corrected chi connectivity index (χ1v) is 8.48. The van der Waals surface area contributed by atoms with Crippen LogP contribution in [0.3, 0.4) is 0 Å². The number of carbonyl (C=O) groups is 2. The summed E-state index contributed by atoms with van der Waals surface area (Å²) in [6, 6.07) is 8.04. The summed E-state index contributed by atoms with van der Waals surface area (Å²) in [5.41, 5.74) is 1.83. The molecule has 0 spiro atoms. The van der Waals surface area contributed by atoms with Gasteiger partial charge in [0, 0.05) is 30.6 Å². The van der Waals surface area contributed by atoms with E-state index in [4.69, 9.17) is 0 Å². The van der Waals surface area contributed by atoms with E-state index in [2.05, 4.69) is 22.9 Å². The molecular weight excluding hydrogens is 290 g/mol. The predicted molar refractivity (Wildman–Crippen MR) is 92.0 cm³/mol. The van der Waals surface area contributed by atoms with Gasteiger partial charge in [-0.1, -0.05) is 19.1 Å². The largest absolute Gasteiger partial charge is 0.352 e. The summed E-state index contributed by atoms with van der Waals surface area (Å²) in [5, 5.41) is 9.23. The highest BCUT2D eigenvalue weighted by Gasteiger charge is 2.24. The number of carbonyl (C=O) groups excluding carboxylic acids is 2. The van der Waals surface area contributed by atoms with E-state index in [-0.39, 0.29) is 17.7 Å². The molecule has 3 N–H and O–H groups in total. The van der Waals surface area contributed by atoms with Crippen LogP contribution in [0.15, 0.2) is 24.3 Å². The lowest BCUT2D eigenvalue weighted by Gasteiger charge is -2.27. The molecule has 5 heteroatoms. The number of hydrogen-bond acceptors (Lipinski definition) is 3. The maximum atomic E-state index is 12.2. The third-order valence-electron chi connectivity index (χ3n) is 4.18. The van der Waals surface area contributed by atoms with Gasteiger partial charge in [-0.05, 0) is 50.4 Å². The highest BCUT2D eigenvalue weighted by molar-refractivity contribution is 5.90. The molecule has 0 aliphatic carbocycles. The van der Waals surface area contributed by atoms with Gasteiger partial charge >= 0.3 is 0 Å². The Morgan fingerprint density at radius 3 is 2.65 bits per heavy atom. The second-order valence-corrected chi connectivity index (χ2v) is 6.29. The predicted octanol–water partition coefficient (Wildman–Crippen LogP) is 2.43. The molecule has 0 bridgehead atoms. The lowest BCUT2D eigenvalue weighted by Crippen LogP contribution is -2.42. The number of nitrogens with one attached hydrogen (secondary N) is 3.